The number of carbonyl (C=O) groups is 1. The smallest absolute Gasteiger partial charge is 0.310 e. The van der Waals surface area contributed by atoms with E-state index in [4.69, 9.17) is 0 Å². The van der Waals surface area contributed by atoms with Gasteiger partial charge in [-0.3, -0.25) is 4.79 Å². The van der Waals surface area contributed by atoms with Crippen LogP contribution in [0.15, 0.2) is 0 Å². The summed E-state index contributed by atoms with van der Waals surface area (Å²) in [6.07, 6.45) is 7.59. The van der Waals surface area contributed by atoms with Crippen LogP contribution in [0.25, 0.3) is 0 Å². The highest BCUT2D eigenvalue weighted by Crippen LogP contribution is 2.43. The van der Waals surface area contributed by atoms with Crippen molar-refractivity contribution in [1.82, 2.24) is 4.90 Å². The maximum Gasteiger partial charge on any atom is 0.310 e. The van der Waals surface area contributed by atoms with E-state index in [0.717, 1.165) is 45.3 Å². The summed E-state index contributed by atoms with van der Waals surface area (Å²) in [4.78, 5) is 14.0. The Morgan fingerprint density at radius 1 is 1.11 bits per heavy atom. The Kier molecular flexibility index (Phi) is 4.00. The molecule has 1 aliphatic heterocycles. The van der Waals surface area contributed by atoms with E-state index in [1.807, 2.05) is 0 Å². The van der Waals surface area contributed by atoms with E-state index >= 15 is 0 Å². The third kappa shape index (κ3) is 2.42. The van der Waals surface area contributed by atoms with Crippen LogP contribution in [0.1, 0.15) is 58.8 Å². The van der Waals surface area contributed by atoms with Crippen LogP contribution in [0.3, 0.4) is 0 Å². The molecule has 0 amide bonds. The Hall–Kier alpha value is -0.570. The molecule has 1 N–H and O–H groups in total. The zero-order valence-corrected chi connectivity index (χ0v) is 11.9. The molecule has 0 aromatic heterocycles. The van der Waals surface area contributed by atoms with Gasteiger partial charge < -0.3 is 10.0 Å². The molecule has 3 nitrogen and oxygen atoms in total. The molecule has 0 atom stereocenters. The van der Waals surface area contributed by atoms with Gasteiger partial charge in [0.25, 0.3) is 0 Å². The summed E-state index contributed by atoms with van der Waals surface area (Å²) in [5.41, 5.74) is 0.0419. The topological polar surface area (TPSA) is 40.5 Å². The molecule has 2 aliphatic rings. The molecule has 1 saturated heterocycles. The molecule has 18 heavy (non-hydrogen) atoms. The minimum Gasteiger partial charge on any atom is -0.481 e. The van der Waals surface area contributed by atoms with E-state index in [2.05, 4.69) is 18.7 Å². The lowest BCUT2D eigenvalue weighted by atomic mass is 9.70. The van der Waals surface area contributed by atoms with Gasteiger partial charge in [0.05, 0.1) is 5.41 Å². The van der Waals surface area contributed by atoms with E-state index in [-0.39, 0.29) is 0 Å². The Morgan fingerprint density at radius 2 is 1.67 bits per heavy atom. The highest BCUT2D eigenvalue weighted by Gasteiger charge is 2.47. The first-order valence-corrected chi connectivity index (χ1v) is 7.52. The maximum atomic E-state index is 11.6. The van der Waals surface area contributed by atoms with Crippen molar-refractivity contribution in [1.29, 1.82) is 0 Å². The Bertz CT molecular complexity index is 296. The number of aliphatic carboxylic acids is 1. The monoisotopic (exact) mass is 253 g/mol. The summed E-state index contributed by atoms with van der Waals surface area (Å²) in [6.45, 7) is 7.51. The molecule has 1 saturated carbocycles. The number of carboxylic acids is 1. The van der Waals surface area contributed by atoms with Crippen molar-refractivity contribution >= 4 is 5.97 Å². The number of carboxylic acid groups (broad SMARTS) is 1. The molecule has 2 rings (SSSR count). The SMILES string of the molecule is CCC1(CC)CN(CC2(C(=O)O)CCCCC2)C1. The van der Waals surface area contributed by atoms with Crippen molar-refractivity contribution < 1.29 is 9.90 Å². The first kappa shape index (κ1) is 13.9. The zero-order chi connectivity index (χ0) is 13.2. The second kappa shape index (κ2) is 5.20. The van der Waals surface area contributed by atoms with Crippen molar-refractivity contribution in [3.05, 3.63) is 0 Å². The lowest BCUT2D eigenvalue weighted by Gasteiger charge is -2.52. The number of rotatable bonds is 5. The molecule has 0 aromatic rings. The number of hydrogen-bond donors (Lipinski definition) is 1. The maximum absolute atomic E-state index is 11.6. The molecule has 0 radical (unpaired) electrons. The third-order valence-corrected chi connectivity index (χ3v) is 5.41. The van der Waals surface area contributed by atoms with E-state index in [1.165, 1.54) is 19.3 Å². The van der Waals surface area contributed by atoms with Gasteiger partial charge in [0.2, 0.25) is 0 Å². The molecular formula is C15H27NO2. The third-order valence-electron chi connectivity index (χ3n) is 5.41. The van der Waals surface area contributed by atoms with Crippen molar-refractivity contribution in [3.63, 3.8) is 0 Å². The van der Waals surface area contributed by atoms with Crippen molar-refractivity contribution in [2.45, 2.75) is 58.8 Å². The summed E-state index contributed by atoms with van der Waals surface area (Å²) in [6, 6.07) is 0. The zero-order valence-electron chi connectivity index (χ0n) is 11.9. The first-order valence-electron chi connectivity index (χ1n) is 7.52. The molecule has 0 aromatic carbocycles. The predicted molar refractivity (Wildman–Crippen MR) is 72.6 cm³/mol. The standard InChI is InChI=1S/C15H27NO2/c1-3-14(4-2)10-16(11-14)12-15(13(17)18)8-6-5-7-9-15/h3-12H2,1-2H3,(H,17,18). The highest BCUT2D eigenvalue weighted by molar-refractivity contribution is 5.75. The molecule has 0 spiro atoms. The lowest BCUT2D eigenvalue weighted by Crippen LogP contribution is -2.59. The molecule has 1 heterocycles. The Morgan fingerprint density at radius 3 is 2.11 bits per heavy atom. The van der Waals surface area contributed by atoms with Gasteiger partial charge in [0, 0.05) is 19.6 Å². The molecule has 1 aliphatic carbocycles. The summed E-state index contributed by atoms with van der Waals surface area (Å²) in [7, 11) is 0. The van der Waals surface area contributed by atoms with Crippen LogP contribution in [0.5, 0.6) is 0 Å². The lowest BCUT2D eigenvalue weighted by molar-refractivity contribution is -0.155. The molecule has 0 bridgehead atoms. The minimum absolute atomic E-state index is 0.439. The van der Waals surface area contributed by atoms with Crippen LogP contribution in [0, 0.1) is 10.8 Å². The van der Waals surface area contributed by atoms with Gasteiger partial charge in [-0.05, 0) is 31.1 Å². The van der Waals surface area contributed by atoms with Gasteiger partial charge >= 0.3 is 5.97 Å². The highest BCUT2D eigenvalue weighted by atomic mass is 16.4. The average molecular weight is 253 g/mol. The number of hydrogen-bond acceptors (Lipinski definition) is 2. The van der Waals surface area contributed by atoms with Crippen LogP contribution in [-0.2, 0) is 4.79 Å². The normalized spacial score (nSPS) is 26.6. The molecular weight excluding hydrogens is 226 g/mol. The largest absolute Gasteiger partial charge is 0.481 e. The second-order valence-corrected chi connectivity index (χ2v) is 6.50. The van der Waals surface area contributed by atoms with Gasteiger partial charge in [-0.15, -0.1) is 0 Å². The van der Waals surface area contributed by atoms with Crippen molar-refractivity contribution in [2.24, 2.45) is 10.8 Å². The van der Waals surface area contributed by atoms with E-state index in [1.54, 1.807) is 0 Å². The van der Waals surface area contributed by atoms with E-state index in [9.17, 15) is 9.90 Å². The fourth-order valence-corrected chi connectivity index (χ4v) is 3.81. The van der Waals surface area contributed by atoms with Gasteiger partial charge in [-0.1, -0.05) is 33.1 Å². The second-order valence-electron chi connectivity index (χ2n) is 6.50. The van der Waals surface area contributed by atoms with E-state index < -0.39 is 11.4 Å². The van der Waals surface area contributed by atoms with Crippen molar-refractivity contribution in [3.8, 4) is 0 Å². The number of likely N-dealkylation sites (tertiary alicyclic amines) is 1. The number of nitrogens with zero attached hydrogens (tertiary/aromatic N) is 1. The molecule has 3 heteroatoms. The fourth-order valence-electron chi connectivity index (χ4n) is 3.81. The first-order chi connectivity index (χ1) is 8.56. The van der Waals surface area contributed by atoms with Gasteiger partial charge in [0.15, 0.2) is 0 Å². The summed E-state index contributed by atoms with van der Waals surface area (Å²) < 4.78 is 0. The van der Waals surface area contributed by atoms with Crippen LogP contribution in [0.4, 0.5) is 0 Å². The van der Waals surface area contributed by atoms with Crippen LogP contribution >= 0.6 is 0 Å². The summed E-state index contributed by atoms with van der Waals surface area (Å²) in [5, 5.41) is 9.58. The average Bonchev–Trinajstić information content (AvgIpc) is 2.34. The molecule has 2 fully saturated rings. The summed E-state index contributed by atoms with van der Waals surface area (Å²) in [5.74, 6) is -0.562. The van der Waals surface area contributed by atoms with Gasteiger partial charge in [-0.2, -0.15) is 0 Å². The van der Waals surface area contributed by atoms with Gasteiger partial charge in [0.1, 0.15) is 0 Å². The Labute approximate surface area is 111 Å². The van der Waals surface area contributed by atoms with E-state index in [0.29, 0.717) is 5.41 Å². The van der Waals surface area contributed by atoms with Crippen LogP contribution in [-0.4, -0.2) is 35.6 Å². The minimum atomic E-state index is -0.562. The van der Waals surface area contributed by atoms with Crippen LogP contribution in [0.2, 0.25) is 0 Å². The molecule has 104 valence electrons. The quantitative estimate of drug-likeness (QED) is 0.818. The Balaban J connectivity index is 1.94. The predicted octanol–water partition coefficient (Wildman–Crippen LogP) is 3.14. The van der Waals surface area contributed by atoms with Crippen LogP contribution < -0.4 is 0 Å². The summed E-state index contributed by atoms with van der Waals surface area (Å²) >= 11 is 0. The fraction of sp³-hybridized carbons (Fsp3) is 0.933. The molecule has 0 unspecified atom stereocenters. The van der Waals surface area contributed by atoms with Crippen molar-refractivity contribution in [2.75, 3.05) is 19.6 Å². The van der Waals surface area contributed by atoms with Gasteiger partial charge in [-0.25, -0.2) is 0 Å².